The molecule has 0 heterocycles. The van der Waals surface area contributed by atoms with Crippen molar-refractivity contribution in [1.82, 2.24) is 5.32 Å². The predicted molar refractivity (Wildman–Crippen MR) is 125 cm³/mol. The first-order valence-electron chi connectivity index (χ1n) is 9.98. The van der Waals surface area contributed by atoms with Crippen LogP contribution < -0.4 is 10.0 Å². The number of halogens is 1. The molecule has 0 aliphatic carbocycles. The fourth-order valence-electron chi connectivity index (χ4n) is 3.10. The van der Waals surface area contributed by atoms with Crippen molar-refractivity contribution >= 4 is 33.2 Å². The molecule has 0 aromatic heterocycles. The van der Waals surface area contributed by atoms with Gasteiger partial charge in [-0.2, -0.15) is 0 Å². The second-order valence-electron chi connectivity index (χ2n) is 7.51. The van der Waals surface area contributed by atoms with Crippen LogP contribution in [0.2, 0.25) is 5.02 Å². The molecule has 1 amide bonds. The van der Waals surface area contributed by atoms with Crippen LogP contribution >= 0.6 is 11.6 Å². The molecule has 3 aromatic rings. The first-order chi connectivity index (χ1) is 14.7. The summed E-state index contributed by atoms with van der Waals surface area (Å²) >= 11 is 6.22. The largest absolute Gasteiger partial charge is 0.350 e. The summed E-state index contributed by atoms with van der Waals surface area (Å²) < 4.78 is 27.8. The minimum atomic E-state index is -3.77. The third-order valence-corrected chi connectivity index (χ3v) is 6.61. The molecule has 1 atom stereocenters. The van der Waals surface area contributed by atoms with E-state index in [1.807, 2.05) is 32.0 Å². The normalized spacial score (nSPS) is 12.2. The van der Waals surface area contributed by atoms with Crippen molar-refractivity contribution in [3.8, 4) is 0 Å². The Hall–Kier alpha value is -2.83. The summed E-state index contributed by atoms with van der Waals surface area (Å²) in [5.41, 5.74) is 2.66. The van der Waals surface area contributed by atoms with E-state index in [4.69, 9.17) is 11.6 Å². The van der Waals surface area contributed by atoms with Crippen LogP contribution in [-0.2, 0) is 16.4 Å². The van der Waals surface area contributed by atoms with Crippen molar-refractivity contribution in [3.63, 3.8) is 0 Å². The van der Waals surface area contributed by atoms with Gasteiger partial charge in [-0.1, -0.05) is 59.6 Å². The van der Waals surface area contributed by atoms with E-state index < -0.39 is 10.0 Å². The molecular weight excluding hydrogens is 432 g/mol. The number of carbonyl (C=O) groups excluding carboxylic acids is 1. The highest BCUT2D eigenvalue weighted by atomic mass is 35.5. The lowest BCUT2D eigenvalue weighted by atomic mass is 10.1. The highest BCUT2D eigenvalue weighted by Gasteiger charge is 2.18. The molecule has 0 bridgehead atoms. The van der Waals surface area contributed by atoms with E-state index in [1.54, 1.807) is 12.1 Å². The molecule has 0 radical (unpaired) electrons. The van der Waals surface area contributed by atoms with Crippen molar-refractivity contribution in [2.45, 2.75) is 37.6 Å². The summed E-state index contributed by atoms with van der Waals surface area (Å²) in [5, 5.41) is 3.19. The standard InChI is InChI=1S/C24H25ClN2O3S/c1-17-8-13-21(14-9-17)31(29,30)27-20-12-15-23(25)22(16-20)24(28)26-18(2)10-11-19-6-4-3-5-7-19/h3-9,12-16,18,27H,10-11H2,1-2H3,(H,26,28)/t18-/m0/s1. The van der Waals surface area contributed by atoms with Crippen LogP contribution in [0.1, 0.15) is 34.8 Å². The van der Waals surface area contributed by atoms with E-state index in [0.717, 1.165) is 18.4 Å². The zero-order valence-corrected chi connectivity index (χ0v) is 19.0. The molecule has 0 aliphatic heterocycles. The van der Waals surface area contributed by atoms with Gasteiger partial charge in [0.05, 0.1) is 15.5 Å². The molecule has 5 nitrogen and oxygen atoms in total. The molecule has 0 saturated heterocycles. The molecule has 162 valence electrons. The quantitative estimate of drug-likeness (QED) is 0.489. The van der Waals surface area contributed by atoms with Gasteiger partial charge in [-0.15, -0.1) is 0 Å². The third kappa shape index (κ3) is 6.32. The lowest BCUT2D eigenvalue weighted by molar-refractivity contribution is 0.0938. The van der Waals surface area contributed by atoms with Gasteiger partial charge in [0.1, 0.15) is 0 Å². The number of hydrogen-bond donors (Lipinski definition) is 2. The Morgan fingerprint density at radius 1 is 1.00 bits per heavy atom. The lowest BCUT2D eigenvalue weighted by Crippen LogP contribution is -2.33. The number of anilines is 1. The Balaban J connectivity index is 1.68. The van der Waals surface area contributed by atoms with Crippen LogP contribution in [0.25, 0.3) is 0 Å². The van der Waals surface area contributed by atoms with Crippen LogP contribution in [0.4, 0.5) is 5.69 Å². The average Bonchev–Trinajstić information content (AvgIpc) is 2.74. The van der Waals surface area contributed by atoms with Crippen LogP contribution in [0, 0.1) is 6.92 Å². The van der Waals surface area contributed by atoms with Crippen LogP contribution in [-0.4, -0.2) is 20.4 Å². The van der Waals surface area contributed by atoms with Gasteiger partial charge >= 0.3 is 0 Å². The molecule has 3 aromatic carbocycles. The van der Waals surface area contributed by atoms with Gasteiger partial charge in [0.25, 0.3) is 15.9 Å². The predicted octanol–water partition coefficient (Wildman–Crippen LogP) is 5.20. The minimum absolute atomic E-state index is 0.0725. The van der Waals surface area contributed by atoms with Gasteiger partial charge in [0.2, 0.25) is 0 Å². The van der Waals surface area contributed by atoms with Gasteiger partial charge < -0.3 is 5.32 Å². The minimum Gasteiger partial charge on any atom is -0.350 e. The molecule has 31 heavy (non-hydrogen) atoms. The number of nitrogens with one attached hydrogen (secondary N) is 2. The van der Waals surface area contributed by atoms with Gasteiger partial charge in [0.15, 0.2) is 0 Å². The summed E-state index contributed by atoms with van der Waals surface area (Å²) in [6.07, 6.45) is 1.61. The molecule has 0 spiro atoms. The van der Waals surface area contributed by atoms with E-state index in [1.165, 1.54) is 35.9 Å². The first kappa shape index (κ1) is 22.8. The number of rotatable bonds is 8. The van der Waals surface area contributed by atoms with Gasteiger partial charge in [-0.25, -0.2) is 8.42 Å². The van der Waals surface area contributed by atoms with E-state index in [9.17, 15) is 13.2 Å². The molecule has 7 heteroatoms. The fraction of sp³-hybridized carbons (Fsp3) is 0.208. The van der Waals surface area contributed by atoms with Crippen LogP contribution in [0.3, 0.4) is 0 Å². The summed E-state index contributed by atoms with van der Waals surface area (Å²) in [7, 11) is -3.77. The molecule has 0 saturated carbocycles. The maximum atomic E-state index is 12.7. The second-order valence-corrected chi connectivity index (χ2v) is 9.60. The zero-order chi connectivity index (χ0) is 22.4. The van der Waals surface area contributed by atoms with E-state index >= 15 is 0 Å². The molecular formula is C24H25ClN2O3S. The summed E-state index contributed by atoms with van der Waals surface area (Å²) in [5.74, 6) is -0.345. The Morgan fingerprint density at radius 2 is 1.68 bits per heavy atom. The second kappa shape index (κ2) is 9.98. The molecule has 0 aliphatic rings. The maximum Gasteiger partial charge on any atom is 0.261 e. The molecule has 0 fully saturated rings. The van der Waals surface area contributed by atoms with Crippen molar-refractivity contribution in [2.24, 2.45) is 0 Å². The monoisotopic (exact) mass is 456 g/mol. The lowest BCUT2D eigenvalue weighted by Gasteiger charge is -2.16. The Kier molecular flexibility index (Phi) is 7.36. The molecule has 3 rings (SSSR count). The van der Waals surface area contributed by atoms with Crippen molar-refractivity contribution in [3.05, 3.63) is 94.5 Å². The van der Waals surface area contributed by atoms with Gasteiger partial charge in [0, 0.05) is 11.7 Å². The van der Waals surface area contributed by atoms with Gasteiger partial charge in [-0.3, -0.25) is 9.52 Å². The topological polar surface area (TPSA) is 75.3 Å². The highest BCUT2D eigenvalue weighted by molar-refractivity contribution is 7.92. The summed E-state index contributed by atoms with van der Waals surface area (Å²) in [6, 6.07) is 21.0. The maximum absolute atomic E-state index is 12.7. The van der Waals surface area contributed by atoms with Gasteiger partial charge in [-0.05, 0) is 62.6 Å². The number of amides is 1. The zero-order valence-electron chi connectivity index (χ0n) is 17.4. The fourth-order valence-corrected chi connectivity index (χ4v) is 4.35. The van der Waals surface area contributed by atoms with E-state index in [-0.39, 0.29) is 33.1 Å². The van der Waals surface area contributed by atoms with E-state index in [2.05, 4.69) is 22.2 Å². The molecule has 2 N–H and O–H groups in total. The van der Waals surface area contributed by atoms with Crippen molar-refractivity contribution in [2.75, 3.05) is 4.72 Å². The Bertz CT molecular complexity index is 1150. The Labute approximate surface area is 188 Å². The average molecular weight is 457 g/mol. The molecule has 0 unspecified atom stereocenters. The smallest absolute Gasteiger partial charge is 0.261 e. The summed E-state index contributed by atoms with van der Waals surface area (Å²) in [4.78, 5) is 12.9. The van der Waals surface area contributed by atoms with E-state index in [0.29, 0.717) is 0 Å². The number of carbonyl (C=O) groups is 1. The first-order valence-corrected chi connectivity index (χ1v) is 11.8. The number of sulfonamides is 1. The third-order valence-electron chi connectivity index (χ3n) is 4.88. The van der Waals surface area contributed by atoms with Crippen LogP contribution in [0.15, 0.2) is 77.7 Å². The van der Waals surface area contributed by atoms with Crippen molar-refractivity contribution in [1.29, 1.82) is 0 Å². The van der Waals surface area contributed by atoms with Crippen LogP contribution in [0.5, 0.6) is 0 Å². The Morgan fingerprint density at radius 3 is 2.35 bits per heavy atom. The van der Waals surface area contributed by atoms with Crippen molar-refractivity contribution < 1.29 is 13.2 Å². The SMILES string of the molecule is Cc1ccc(S(=O)(=O)Nc2ccc(Cl)c(C(=O)N[C@@H](C)CCc3ccccc3)c2)cc1. The number of aryl methyl sites for hydroxylation is 2. The number of hydrogen-bond acceptors (Lipinski definition) is 3. The number of benzene rings is 3. The highest BCUT2D eigenvalue weighted by Crippen LogP contribution is 2.23. The summed E-state index contributed by atoms with van der Waals surface area (Å²) in [6.45, 7) is 3.81.